The van der Waals surface area contributed by atoms with Crippen LogP contribution in [-0.2, 0) is 29.0 Å². The van der Waals surface area contributed by atoms with Crippen molar-refractivity contribution >= 4 is 29.1 Å². The van der Waals surface area contributed by atoms with E-state index in [4.69, 9.17) is 0 Å². The molecule has 1 aliphatic carbocycles. The van der Waals surface area contributed by atoms with Crippen LogP contribution in [0.4, 0.5) is 0 Å². The van der Waals surface area contributed by atoms with Crippen LogP contribution in [0.25, 0.3) is 6.08 Å². The molecular formula is C18H19N3O2S. The Bertz CT molecular complexity index is 753. The summed E-state index contributed by atoms with van der Waals surface area (Å²) in [5.74, 6) is 0.0952. The number of aromatic nitrogens is 1. The minimum Gasteiger partial charge on any atom is -0.355 e. The maximum absolute atomic E-state index is 11.8. The van der Waals surface area contributed by atoms with Crippen molar-refractivity contribution in [2.75, 3.05) is 13.1 Å². The number of carbonyl (C=O) groups excluding carboxylic acids is 2. The molecule has 6 heteroatoms. The summed E-state index contributed by atoms with van der Waals surface area (Å²) in [6.07, 6.45) is 4.47. The molecule has 1 heterocycles. The Labute approximate surface area is 144 Å². The van der Waals surface area contributed by atoms with Gasteiger partial charge in [-0.15, -0.1) is 11.3 Å². The molecule has 0 spiro atoms. The number of hydrogen-bond donors (Lipinski definition) is 2. The number of nitrogens with zero attached hydrogens (tertiary/aromatic N) is 1. The van der Waals surface area contributed by atoms with E-state index in [0.717, 1.165) is 21.1 Å². The van der Waals surface area contributed by atoms with Crippen molar-refractivity contribution in [2.45, 2.75) is 19.4 Å². The summed E-state index contributed by atoms with van der Waals surface area (Å²) >= 11 is 1.56. The molecule has 1 aliphatic rings. The number of amides is 1. The van der Waals surface area contributed by atoms with E-state index in [-0.39, 0.29) is 11.7 Å². The SMILES string of the molecule is O=C1C=Cc2nc(CCNC(=O)CNCc3ccccc3)sc2C1. The molecule has 2 N–H and O–H groups in total. The Morgan fingerprint density at radius 2 is 2.04 bits per heavy atom. The molecule has 2 aromatic rings. The van der Waals surface area contributed by atoms with Crippen LogP contribution in [0.15, 0.2) is 36.4 Å². The molecule has 0 radical (unpaired) electrons. The molecule has 5 nitrogen and oxygen atoms in total. The molecule has 0 fully saturated rings. The first-order valence-electron chi connectivity index (χ1n) is 7.91. The van der Waals surface area contributed by atoms with Gasteiger partial charge in [0.25, 0.3) is 0 Å². The van der Waals surface area contributed by atoms with Crippen LogP contribution < -0.4 is 10.6 Å². The van der Waals surface area contributed by atoms with Crippen molar-refractivity contribution in [1.82, 2.24) is 15.6 Å². The summed E-state index contributed by atoms with van der Waals surface area (Å²) in [6.45, 7) is 1.52. The lowest BCUT2D eigenvalue weighted by Gasteiger charge is -2.06. The Morgan fingerprint density at radius 3 is 2.88 bits per heavy atom. The first-order valence-corrected chi connectivity index (χ1v) is 8.73. The van der Waals surface area contributed by atoms with E-state index in [1.807, 2.05) is 30.3 Å². The summed E-state index contributed by atoms with van der Waals surface area (Å²) in [7, 11) is 0. The second-order valence-corrected chi connectivity index (χ2v) is 6.75. The van der Waals surface area contributed by atoms with E-state index in [2.05, 4.69) is 15.6 Å². The molecule has 124 valence electrons. The molecular weight excluding hydrogens is 322 g/mol. The van der Waals surface area contributed by atoms with Gasteiger partial charge in [-0.2, -0.15) is 0 Å². The number of fused-ring (bicyclic) bond motifs is 1. The van der Waals surface area contributed by atoms with Crippen molar-refractivity contribution in [3.63, 3.8) is 0 Å². The third kappa shape index (κ3) is 4.59. The van der Waals surface area contributed by atoms with Gasteiger partial charge in [0.05, 0.1) is 17.2 Å². The Morgan fingerprint density at radius 1 is 1.21 bits per heavy atom. The molecule has 0 aliphatic heterocycles. The van der Waals surface area contributed by atoms with E-state index in [9.17, 15) is 9.59 Å². The normalized spacial score (nSPS) is 12.9. The number of hydrogen-bond acceptors (Lipinski definition) is 5. The van der Waals surface area contributed by atoms with Gasteiger partial charge in [0.1, 0.15) is 0 Å². The highest BCUT2D eigenvalue weighted by molar-refractivity contribution is 7.12. The predicted octanol–water partition coefficient (Wildman–Crippen LogP) is 1.73. The maximum atomic E-state index is 11.8. The largest absolute Gasteiger partial charge is 0.355 e. The van der Waals surface area contributed by atoms with Crippen LogP contribution in [0.3, 0.4) is 0 Å². The highest BCUT2D eigenvalue weighted by Gasteiger charge is 2.15. The number of benzene rings is 1. The summed E-state index contributed by atoms with van der Waals surface area (Å²) in [6, 6.07) is 9.97. The topological polar surface area (TPSA) is 71.1 Å². The number of carbonyl (C=O) groups is 2. The van der Waals surface area contributed by atoms with Gasteiger partial charge in [0, 0.05) is 30.8 Å². The molecule has 0 atom stereocenters. The van der Waals surface area contributed by atoms with Crippen LogP contribution in [-0.4, -0.2) is 29.8 Å². The van der Waals surface area contributed by atoms with Crippen molar-refractivity contribution < 1.29 is 9.59 Å². The third-order valence-corrected chi connectivity index (χ3v) is 4.78. The fourth-order valence-corrected chi connectivity index (χ4v) is 3.52. The van der Waals surface area contributed by atoms with Crippen molar-refractivity contribution in [1.29, 1.82) is 0 Å². The van der Waals surface area contributed by atoms with E-state index >= 15 is 0 Å². The molecule has 0 bridgehead atoms. The van der Waals surface area contributed by atoms with Crippen molar-refractivity contribution in [3.05, 3.63) is 57.6 Å². The van der Waals surface area contributed by atoms with E-state index in [1.165, 1.54) is 0 Å². The summed E-state index contributed by atoms with van der Waals surface area (Å²) < 4.78 is 0. The second kappa shape index (κ2) is 7.99. The first kappa shape index (κ1) is 16.5. The molecule has 24 heavy (non-hydrogen) atoms. The average molecular weight is 341 g/mol. The minimum absolute atomic E-state index is 0.0256. The number of thiazole rings is 1. The van der Waals surface area contributed by atoms with E-state index in [0.29, 0.717) is 32.5 Å². The van der Waals surface area contributed by atoms with Gasteiger partial charge in [-0.05, 0) is 17.7 Å². The zero-order chi connectivity index (χ0) is 16.8. The molecule has 3 rings (SSSR count). The summed E-state index contributed by atoms with van der Waals surface area (Å²) in [4.78, 5) is 28.7. The summed E-state index contributed by atoms with van der Waals surface area (Å²) in [5.41, 5.74) is 2.05. The van der Waals surface area contributed by atoms with Crippen LogP contribution >= 0.6 is 11.3 Å². The Hall–Kier alpha value is -2.31. The number of nitrogens with one attached hydrogen (secondary N) is 2. The van der Waals surface area contributed by atoms with Crippen LogP contribution in [0.1, 0.15) is 21.1 Å². The van der Waals surface area contributed by atoms with Gasteiger partial charge in [0.2, 0.25) is 5.91 Å². The molecule has 1 aromatic heterocycles. The lowest BCUT2D eigenvalue weighted by Crippen LogP contribution is -2.34. The standard InChI is InChI=1S/C18H19N3O2S/c22-14-6-7-15-16(10-14)24-18(21-15)8-9-20-17(23)12-19-11-13-4-2-1-3-5-13/h1-7,19H,8-12H2,(H,20,23). The highest BCUT2D eigenvalue weighted by Crippen LogP contribution is 2.24. The zero-order valence-electron chi connectivity index (χ0n) is 13.2. The van der Waals surface area contributed by atoms with Gasteiger partial charge >= 0.3 is 0 Å². The van der Waals surface area contributed by atoms with Gasteiger partial charge in [0.15, 0.2) is 5.78 Å². The van der Waals surface area contributed by atoms with E-state index < -0.39 is 0 Å². The maximum Gasteiger partial charge on any atom is 0.233 e. The molecule has 0 saturated carbocycles. The smallest absolute Gasteiger partial charge is 0.233 e. The van der Waals surface area contributed by atoms with Crippen LogP contribution in [0.2, 0.25) is 0 Å². The number of allylic oxidation sites excluding steroid dienone is 1. The second-order valence-electron chi connectivity index (χ2n) is 5.58. The number of rotatable bonds is 7. The fraction of sp³-hybridized carbons (Fsp3) is 0.278. The molecule has 1 aromatic carbocycles. The molecule has 0 unspecified atom stereocenters. The van der Waals surface area contributed by atoms with Crippen LogP contribution in [0, 0.1) is 0 Å². The van der Waals surface area contributed by atoms with Gasteiger partial charge in [-0.3, -0.25) is 9.59 Å². The van der Waals surface area contributed by atoms with Crippen LogP contribution in [0.5, 0.6) is 0 Å². The molecule has 1 amide bonds. The van der Waals surface area contributed by atoms with E-state index in [1.54, 1.807) is 23.5 Å². The zero-order valence-corrected chi connectivity index (χ0v) is 14.1. The summed E-state index contributed by atoms with van der Waals surface area (Å²) in [5, 5.41) is 6.97. The lowest BCUT2D eigenvalue weighted by molar-refractivity contribution is -0.120. The Kier molecular flexibility index (Phi) is 5.51. The first-order chi connectivity index (χ1) is 11.7. The molecule has 0 saturated heterocycles. The quantitative estimate of drug-likeness (QED) is 0.805. The van der Waals surface area contributed by atoms with Gasteiger partial charge in [-0.25, -0.2) is 4.98 Å². The monoisotopic (exact) mass is 341 g/mol. The highest BCUT2D eigenvalue weighted by atomic mass is 32.1. The minimum atomic E-state index is -0.0256. The third-order valence-electron chi connectivity index (χ3n) is 3.65. The number of ketones is 1. The van der Waals surface area contributed by atoms with Crippen molar-refractivity contribution in [3.8, 4) is 0 Å². The van der Waals surface area contributed by atoms with Gasteiger partial charge in [-0.1, -0.05) is 30.3 Å². The van der Waals surface area contributed by atoms with Crippen molar-refractivity contribution in [2.24, 2.45) is 0 Å². The predicted molar refractivity (Wildman–Crippen MR) is 94.7 cm³/mol. The lowest BCUT2D eigenvalue weighted by atomic mass is 10.1. The Balaban J connectivity index is 1.36. The average Bonchev–Trinajstić information content (AvgIpc) is 2.97. The van der Waals surface area contributed by atoms with Gasteiger partial charge < -0.3 is 10.6 Å². The fourth-order valence-electron chi connectivity index (χ4n) is 2.45.